The van der Waals surface area contributed by atoms with Gasteiger partial charge < -0.3 is 65.4 Å². The largest absolute Gasteiger partial charge is 0.401 e. The highest BCUT2D eigenvalue weighted by Gasteiger charge is 2.46. The number of halogens is 3. The number of aliphatic hydroxyl groups is 1. The lowest BCUT2D eigenvalue weighted by Crippen LogP contribution is -2.64. The molecule has 1 rings (SSSR count). The molecule has 1 aliphatic heterocycles. The average Bonchev–Trinajstić information content (AvgIpc) is 0.816. The number of allylic oxidation sites excluding steroid dienone is 2. The van der Waals surface area contributed by atoms with Crippen LogP contribution in [0.25, 0.3) is 0 Å². The molecule has 1 saturated heterocycles. The van der Waals surface area contributed by atoms with Crippen LogP contribution in [0.15, 0.2) is 12.2 Å². The minimum absolute atomic E-state index is 0.0685. The lowest BCUT2D eigenvalue weighted by molar-refractivity contribution is -0.157. The van der Waals surface area contributed by atoms with Crippen molar-refractivity contribution in [1.82, 2.24) is 60.5 Å². The Labute approximate surface area is 564 Å². The highest BCUT2D eigenvalue weighted by Crippen LogP contribution is 2.26. The highest BCUT2D eigenvalue weighted by atomic mass is 19.4. The van der Waals surface area contributed by atoms with Crippen molar-refractivity contribution < 1.29 is 75.8 Å². The van der Waals surface area contributed by atoms with Crippen molar-refractivity contribution in [2.75, 3.05) is 82.7 Å². The van der Waals surface area contributed by atoms with Crippen LogP contribution in [-0.4, -0.2) is 271 Å². The van der Waals surface area contributed by atoms with Gasteiger partial charge in [0.15, 0.2) is 0 Å². The molecule has 0 aromatic heterocycles. The van der Waals surface area contributed by atoms with Crippen LogP contribution in [0.1, 0.15) is 150 Å². The fourth-order valence-electron chi connectivity index (χ4n) is 11.8. The summed E-state index contributed by atoms with van der Waals surface area (Å²) < 4.78 is 45.5. The number of carbonyl (C=O) groups excluding carboxylic acids is 11. The molecule has 0 aromatic rings. The minimum Gasteiger partial charge on any atom is -0.390 e. The molecule has 25 nitrogen and oxygen atoms in total. The van der Waals surface area contributed by atoms with Gasteiger partial charge in [0, 0.05) is 61.8 Å². The van der Waals surface area contributed by atoms with Crippen LogP contribution < -0.4 is 21.3 Å². The molecule has 5 N–H and O–H groups in total. The number of aliphatic hydroxyl groups excluding tert-OH is 1. The third kappa shape index (κ3) is 25.2. The van der Waals surface area contributed by atoms with Gasteiger partial charge in [0.05, 0.1) is 25.9 Å². The van der Waals surface area contributed by atoms with Gasteiger partial charge in [-0.2, -0.15) is 13.2 Å². The summed E-state index contributed by atoms with van der Waals surface area (Å²) in [6.45, 7) is 26.6. The van der Waals surface area contributed by atoms with Crippen LogP contribution >= 0.6 is 0 Å². The maximum atomic E-state index is 15.3. The van der Waals surface area contributed by atoms with E-state index in [-0.39, 0.29) is 69.6 Å². The van der Waals surface area contributed by atoms with Crippen LogP contribution in [0, 0.1) is 41.4 Å². The first-order valence-electron chi connectivity index (χ1n) is 33.4. The van der Waals surface area contributed by atoms with Crippen LogP contribution in [0.5, 0.6) is 0 Å². The average molecular weight is 1360 g/mol. The Balaban J connectivity index is 4.45. The number of nitrogens with one attached hydrogen (secondary N) is 4. The quantitative estimate of drug-likeness (QED) is 0.0858. The predicted molar refractivity (Wildman–Crippen MR) is 357 cm³/mol. The number of nitrogens with zero attached hydrogens (tertiary/aromatic N) is 8. The molecule has 1 fully saturated rings. The summed E-state index contributed by atoms with van der Waals surface area (Å²) in [5.74, 6) is -11.9. The Kier molecular flexibility index (Phi) is 35.6. The molecule has 28 heteroatoms. The standard InChI is InChI=1S/C67H119F3N12O13/c1-26-28-29-42(13)55(83)54-59(87)73-47(27-2)62(90)76(19)46(17)61(89)81(24)53(43(14)35-95-31-30-75(18)36-67(68,69)70)58(86)74-51(40(9)10)65(93)77(20)48(32-37(3)4)57(85)71-44(15)56(84)72-45(16)60(88)78(21)49(33-38(5)6)63(91)79(22)50(34-39(7)8)64(92)80(23)52(41(11)12)66(94)82(54)25/h26,28,37-55,83H,27,29-36H2,1-25H3,(H,71,85)(H,72,84)(H,73,87)(H,74,86)/b28-26+/t42-,43-,44+,45-,46-,47+,48+,49+,50+,51+,52+,53+,54?,55-/m1/s1. The van der Waals surface area contributed by atoms with E-state index in [1.165, 1.54) is 91.9 Å². The zero-order chi connectivity index (χ0) is 73.8. The number of hydrogen-bond donors (Lipinski definition) is 5. The summed E-state index contributed by atoms with van der Waals surface area (Å²) in [6.07, 6.45) is -2.03. The topological polar surface area (TPSA) is 291 Å². The SMILES string of the molecule is C/C=C/C[C@@H](C)[C@@H](O)C1C(=O)N[C@@H](CC)C(=O)N(C)[C@H](C)C(=O)N(C)[C@@H]([C@H](C)COCCN(C)CC(F)(F)F)C(=O)N[C@@H](C(C)C)C(=O)N(C)[C@@H](CC(C)C)C(=O)N[C@@H](C)C(=O)N[C@H](C)C(=O)N(C)[C@@H](CC(C)C)C(=O)N(C)[C@@H](CC(C)C)C(=O)N(C)[C@@H](C(C)C)C(=O)N1C. The Morgan fingerprint density at radius 2 is 0.979 bits per heavy atom. The molecule has 0 radical (unpaired) electrons. The number of rotatable bonds is 20. The fourth-order valence-corrected chi connectivity index (χ4v) is 11.8. The predicted octanol–water partition coefficient (Wildman–Crippen LogP) is 3.76. The zero-order valence-corrected chi connectivity index (χ0v) is 61.5. The van der Waals surface area contributed by atoms with E-state index in [2.05, 4.69) is 21.3 Å². The maximum Gasteiger partial charge on any atom is 0.401 e. The molecule has 1 aliphatic rings. The molecule has 1 heterocycles. The van der Waals surface area contributed by atoms with E-state index >= 15 is 14.4 Å². The number of hydrogen-bond acceptors (Lipinski definition) is 14. The molecule has 0 saturated carbocycles. The number of likely N-dealkylation sites (N-methyl/N-ethyl adjacent to an activating group) is 8. The lowest BCUT2D eigenvalue weighted by Gasteiger charge is -2.41. The molecule has 0 bridgehead atoms. The van der Waals surface area contributed by atoms with Crippen LogP contribution in [0.3, 0.4) is 0 Å². The van der Waals surface area contributed by atoms with Gasteiger partial charge in [-0.15, -0.1) is 0 Å². The van der Waals surface area contributed by atoms with E-state index in [1.807, 2.05) is 41.5 Å². The fraction of sp³-hybridized carbons (Fsp3) is 0.806. The van der Waals surface area contributed by atoms with Crippen molar-refractivity contribution in [1.29, 1.82) is 0 Å². The van der Waals surface area contributed by atoms with E-state index in [4.69, 9.17) is 4.74 Å². The van der Waals surface area contributed by atoms with Gasteiger partial charge in [0.1, 0.15) is 66.5 Å². The Bertz CT molecular complexity index is 2610. The van der Waals surface area contributed by atoms with E-state index in [0.29, 0.717) is 0 Å². The molecule has 14 atom stereocenters. The maximum absolute atomic E-state index is 15.3. The van der Waals surface area contributed by atoms with E-state index < -0.39 is 174 Å². The van der Waals surface area contributed by atoms with Crippen molar-refractivity contribution in [3.63, 3.8) is 0 Å². The van der Waals surface area contributed by atoms with Gasteiger partial charge in [0.2, 0.25) is 65.0 Å². The van der Waals surface area contributed by atoms with Crippen molar-refractivity contribution in [3.8, 4) is 0 Å². The second-order valence-electron chi connectivity index (χ2n) is 28.2. The molecule has 1 unspecified atom stereocenters. The van der Waals surface area contributed by atoms with Gasteiger partial charge in [-0.3, -0.25) is 57.6 Å². The normalized spacial score (nSPS) is 26.7. The first-order chi connectivity index (χ1) is 43.7. The third-order valence-corrected chi connectivity index (χ3v) is 17.8. The molecule has 11 amide bonds. The number of carbonyl (C=O) groups is 11. The highest BCUT2D eigenvalue weighted by molar-refractivity contribution is 6.00. The van der Waals surface area contributed by atoms with Gasteiger partial charge in [-0.1, -0.05) is 102 Å². The number of ether oxygens (including phenoxy) is 1. The number of alkyl halides is 3. The van der Waals surface area contributed by atoms with Crippen LogP contribution in [-0.2, 0) is 57.5 Å². The van der Waals surface area contributed by atoms with Crippen molar-refractivity contribution >= 4 is 65.0 Å². The summed E-state index contributed by atoms with van der Waals surface area (Å²) in [4.78, 5) is 172. The van der Waals surface area contributed by atoms with Gasteiger partial charge >= 0.3 is 6.18 Å². The van der Waals surface area contributed by atoms with Crippen molar-refractivity contribution in [3.05, 3.63) is 12.2 Å². The molecule has 0 aliphatic carbocycles. The summed E-state index contributed by atoms with van der Waals surface area (Å²) in [7, 11) is 10.8. The van der Waals surface area contributed by atoms with E-state index in [1.54, 1.807) is 67.5 Å². The first-order valence-corrected chi connectivity index (χ1v) is 33.4. The van der Waals surface area contributed by atoms with Crippen molar-refractivity contribution in [2.45, 2.75) is 229 Å². The summed E-state index contributed by atoms with van der Waals surface area (Å²) in [5, 5.41) is 23.0. The van der Waals surface area contributed by atoms with Gasteiger partial charge in [-0.05, 0) is 102 Å². The smallest absolute Gasteiger partial charge is 0.390 e. The molecule has 95 heavy (non-hydrogen) atoms. The van der Waals surface area contributed by atoms with Crippen LogP contribution in [0.2, 0.25) is 0 Å². The van der Waals surface area contributed by atoms with E-state index in [0.717, 1.165) is 24.5 Å². The molecular formula is C67H119F3N12O13. The Morgan fingerprint density at radius 3 is 1.45 bits per heavy atom. The summed E-state index contributed by atoms with van der Waals surface area (Å²) >= 11 is 0. The monoisotopic (exact) mass is 1360 g/mol. The minimum atomic E-state index is -4.49. The molecule has 0 spiro atoms. The van der Waals surface area contributed by atoms with Crippen LogP contribution in [0.4, 0.5) is 13.2 Å². The van der Waals surface area contributed by atoms with E-state index in [9.17, 15) is 56.6 Å². The third-order valence-electron chi connectivity index (χ3n) is 17.8. The Hall–Kier alpha value is -6.42. The lowest BCUT2D eigenvalue weighted by atomic mass is 9.91. The van der Waals surface area contributed by atoms with Gasteiger partial charge in [0.25, 0.3) is 0 Å². The Morgan fingerprint density at radius 1 is 0.526 bits per heavy atom. The molecule has 546 valence electrons. The second-order valence-corrected chi connectivity index (χ2v) is 28.2. The molecular weight excluding hydrogens is 1240 g/mol. The zero-order valence-electron chi connectivity index (χ0n) is 61.5. The first kappa shape index (κ1) is 86.6. The second kappa shape index (κ2) is 39.1. The number of amides is 11. The van der Waals surface area contributed by atoms with Crippen molar-refractivity contribution in [2.24, 2.45) is 41.4 Å². The van der Waals surface area contributed by atoms with Gasteiger partial charge in [-0.25, -0.2) is 0 Å². The summed E-state index contributed by atoms with van der Waals surface area (Å²) in [5.41, 5.74) is 0. The molecule has 0 aromatic carbocycles. The summed E-state index contributed by atoms with van der Waals surface area (Å²) in [6, 6.07) is -14.8.